The predicted molar refractivity (Wildman–Crippen MR) is 61.3 cm³/mol. The normalized spacial score (nSPS) is 17.4. The van der Waals surface area contributed by atoms with Crippen LogP contribution in [0, 0.1) is 6.92 Å². The van der Waals surface area contributed by atoms with E-state index in [0.29, 0.717) is 12.4 Å². The van der Waals surface area contributed by atoms with E-state index in [-0.39, 0.29) is 6.10 Å². The van der Waals surface area contributed by atoms with Crippen molar-refractivity contribution in [3.63, 3.8) is 0 Å². The van der Waals surface area contributed by atoms with E-state index < -0.39 is 0 Å². The van der Waals surface area contributed by atoms with Gasteiger partial charge in [-0.05, 0) is 18.6 Å². The quantitative estimate of drug-likeness (QED) is 0.840. The van der Waals surface area contributed by atoms with Gasteiger partial charge in [-0.3, -0.25) is 0 Å². The molecule has 1 aromatic heterocycles. The molecule has 0 atom stereocenters. The molecule has 1 aromatic rings. The molecular formula is C12H18N2O2. The van der Waals surface area contributed by atoms with Gasteiger partial charge in [-0.15, -0.1) is 0 Å². The molecule has 0 unspecified atom stereocenters. The summed E-state index contributed by atoms with van der Waals surface area (Å²) in [6.45, 7) is 4.03. The maximum atomic E-state index is 5.83. The molecule has 0 saturated carbocycles. The SMILES string of the molecule is Cc1cc(CN)cc(OC2CCOCC2)n1. The molecule has 0 aliphatic carbocycles. The van der Waals surface area contributed by atoms with E-state index in [2.05, 4.69) is 4.98 Å². The van der Waals surface area contributed by atoms with Crippen LogP contribution in [0.5, 0.6) is 5.88 Å². The molecule has 0 aromatic carbocycles. The third kappa shape index (κ3) is 2.93. The second-order valence-corrected chi connectivity index (χ2v) is 4.09. The van der Waals surface area contributed by atoms with Crippen molar-refractivity contribution in [1.29, 1.82) is 0 Å². The standard InChI is InChI=1S/C12H18N2O2/c1-9-6-10(8-13)7-12(14-9)16-11-2-4-15-5-3-11/h6-7,11H,2-5,8,13H2,1H3. The number of aromatic nitrogens is 1. The summed E-state index contributed by atoms with van der Waals surface area (Å²) < 4.78 is 11.1. The first-order valence-electron chi connectivity index (χ1n) is 5.70. The summed E-state index contributed by atoms with van der Waals surface area (Å²) in [6.07, 6.45) is 2.11. The highest BCUT2D eigenvalue weighted by atomic mass is 16.5. The van der Waals surface area contributed by atoms with Gasteiger partial charge in [0.1, 0.15) is 6.10 Å². The zero-order valence-corrected chi connectivity index (χ0v) is 9.61. The minimum atomic E-state index is 0.230. The van der Waals surface area contributed by atoms with Crippen molar-refractivity contribution in [2.45, 2.75) is 32.4 Å². The highest BCUT2D eigenvalue weighted by Gasteiger charge is 2.16. The fraction of sp³-hybridized carbons (Fsp3) is 0.583. The Kier molecular flexibility index (Phi) is 3.74. The number of hydrogen-bond acceptors (Lipinski definition) is 4. The summed E-state index contributed by atoms with van der Waals surface area (Å²) in [5, 5.41) is 0. The third-order valence-corrected chi connectivity index (χ3v) is 2.68. The van der Waals surface area contributed by atoms with Gasteiger partial charge in [0.05, 0.1) is 13.2 Å². The first-order valence-corrected chi connectivity index (χ1v) is 5.70. The fourth-order valence-corrected chi connectivity index (χ4v) is 1.85. The summed E-state index contributed by atoms with van der Waals surface area (Å²) in [6, 6.07) is 3.90. The molecule has 88 valence electrons. The van der Waals surface area contributed by atoms with Crippen LogP contribution in [-0.2, 0) is 11.3 Å². The Labute approximate surface area is 95.8 Å². The second kappa shape index (κ2) is 5.27. The molecule has 0 bridgehead atoms. The smallest absolute Gasteiger partial charge is 0.214 e. The fourth-order valence-electron chi connectivity index (χ4n) is 1.85. The Bertz CT molecular complexity index is 349. The zero-order valence-electron chi connectivity index (χ0n) is 9.61. The van der Waals surface area contributed by atoms with Gasteiger partial charge >= 0.3 is 0 Å². The van der Waals surface area contributed by atoms with Crippen molar-refractivity contribution < 1.29 is 9.47 Å². The number of rotatable bonds is 3. The highest BCUT2D eigenvalue weighted by molar-refractivity contribution is 5.24. The maximum absolute atomic E-state index is 5.83. The van der Waals surface area contributed by atoms with E-state index in [1.807, 2.05) is 19.1 Å². The Hall–Kier alpha value is -1.13. The van der Waals surface area contributed by atoms with Gasteiger partial charge in [-0.2, -0.15) is 0 Å². The van der Waals surface area contributed by atoms with Crippen LogP contribution in [0.15, 0.2) is 12.1 Å². The van der Waals surface area contributed by atoms with Gasteiger partial charge in [0.2, 0.25) is 5.88 Å². The van der Waals surface area contributed by atoms with Crippen LogP contribution in [0.2, 0.25) is 0 Å². The van der Waals surface area contributed by atoms with E-state index in [4.69, 9.17) is 15.2 Å². The van der Waals surface area contributed by atoms with Crippen molar-refractivity contribution in [3.05, 3.63) is 23.4 Å². The van der Waals surface area contributed by atoms with Crippen LogP contribution in [0.4, 0.5) is 0 Å². The van der Waals surface area contributed by atoms with E-state index in [0.717, 1.165) is 37.3 Å². The first-order chi connectivity index (χ1) is 7.78. The number of hydrogen-bond donors (Lipinski definition) is 1. The molecule has 0 spiro atoms. The monoisotopic (exact) mass is 222 g/mol. The van der Waals surface area contributed by atoms with Gasteiger partial charge in [0.15, 0.2) is 0 Å². The van der Waals surface area contributed by atoms with E-state index in [9.17, 15) is 0 Å². The lowest BCUT2D eigenvalue weighted by Gasteiger charge is -2.23. The molecule has 1 fully saturated rings. The zero-order chi connectivity index (χ0) is 11.4. The minimum Gasteiger partial charge on any atom is -0.474 e. The lowest BCUT2D eigenvalue weighted by atomic mass is 10.1. The summed E-state index contributed by atoms with van der Waals surface area (Å²) in [4.78, 5) is 4.36. The molecular weight excluding hydrogens is 204 g/mol. The van der Waals surface area contributed by atoms with Gasteiger partial charge < -0.3 is 15.2 Å². The third-order valence-electron chi connectivity index (χ3n) is 2.68. The van der Waals surface area contributed by atoms with E-state index in [1.54, 1.807) is 0 Å². The molecule has 1 aliphatic heterocycles. The van der Waals surface area contributed by atoms with Crippen LogP contribution >= 0.6 is 0 Å². The summed E-state index contributed by atoms with van der Waals surface area (Å²) in [5.74, 6) is 0.687. The van der Waals surface area contributed by atoms with Crippen LogP contribution < -0.4 is 10.5 Å². The average molecular weight is 222 g/mol. The van der Waals surface area contributed by atoms with Gasteiger partial charge in [-0.1, -0.05) is 0 Å². The Morgan fingerprint density at radius 1 is 1.44 bits per heavy atom. The van der Waals surface area contributed by atoms with E-state index >= 15 is 0 Å². The number of aryl methyl sites for hydroxylation is 1. The Morgan fingerprint density at radius 3 is 2.88 bits per heavy atom. The molecule has 0 radical (unpaired) electrons. The number of ether oxygens (including phenoxy) is 2. The summed E-state index contributed by atoms with van der Waals surface area (Å²) >= 11 is 0. The van der Waals surface area contributed by atoms with Crippen LogP contribution in [0.1, 0.15) is 24.1 Å². The Balaban J connectivity index is 2.04. The van der Waals surface area contributed by atoms with E-state index in [1.165, 1.54) is 0 Å². The van der Waals surface area contributed by atoms with Crippen LogP contribution in [0.3, 0.4) is 0 Å². The van der Waals surface area contributed by atoms with Gasteiger partial charge in [-0.25, -0.2) is 4.98 Å². The largest absolute Gasteiger partial charge is 0.474 e. The van der Waals surface area contributed by atoms with Crippen molar-refractivity contribution >= 4 is 0 Å². The van der Waals surface area contributed by atoms with Crippen molar-refractivity contribution in [3.8, 4) is 5.88 Å². The summed E-state index contributed by atoms with van der Waals surface area (Å²) in [5.41, 5.74) is 7.63. The van der Waals surface area contributed by atoms with Crippen LogP contribution in [-0.4, -0.2) is 24.3 Å². The molecule has 2 rings (SSSR count). The lowest BCUT2D eigenvalue weighted by molar-refractivity contribution is 0.0236. The number of pyridine rings is 1. The molecule has 0 amide bonds. The minimum absolute atomic E-state index is 0.230. The first kappa shape index (κ1) is 11.4. The van der Waals surface area contributed by atoms with Gasteiger partial charge in [0, 0.05) is 31.1 Å². The second-order valence-electron chi connectivity index (χ2n) is 4.09. The maximum Gasteiger partial charge on any atom is 0.214 e. The predicted octanol–water partition coefficient (Wildman–Crippen LogP) is 1.41. The average Bonchev–Trinajstić information content (AvgIpc) is 2.29. The number of nitrogens with two attached hydrogens (primary N) is 1. The molecule has 4 nitrogen and oxygen atoms in total. The van der Waals surface area contributed by atoms with Crippen molar-refractivity contribution in [2.75, 3.05) is 13.2 Å². The Morgan fingerprint density at radius 2 is 2.19 bits per heavy atom. The lowest BCUT2D eigenvalue weighted by Crippen LogP contribution is -2.26. The molecule has 2 heterocycles. The molecule has 2 N–H and O–H groups in total. The topological polar surface area (TPSA) is 57.4 Å². The number of nitrogens with zero attached hydrogens (tertiary/aromatic N) is 1. The molecule has 16 heavy (non-hydrogen) atoms. The highest BCUT2D eigenvalue weighted by Crippen LogP contribution is 2.17. The van der Waals surface area contributed by atoms with Gasteiger partial charge in [0.25, 0.3) is 0 Å². The van der Waals surface area contributed by atoms with Crippen molar-refractivity contribution in [1.82, 2.24) is 4.98 Å². The molecule has 1 aliphatic rings. The molecule has 1 saturated heterocycles. The van der Waals surface area contributed by atoms with Crippen molar-refractivity contribution in [2.24, 2.45) is 5.73 Å². The summed E-state index contributed by atoms with van der Waals surface area (Å²) in [7, 11) is 0. The molecule has 4 heteroatoms. The van der Waals surface area contributed by atoms with Crippen LogP contribution in [0.25, 0.3) is 0 Å².